The highest BCUT2D eigenvalue weighted by molar-refractivity contribution is 5.76. The Bertz CT molecular complexity index is 623. The Morgan fingerprint density at radius 3 is 2.16 bits per heavy atom. The lowest BCUT2D eigenvalue weighted by atomic mass is 9.95. The van der Waals surface area contributed by atoms with Crippen molar-refractivity contribution in [2.45, 2.75) is 127 Å². The lowest BCUT2D eigenvalue weighted by Gasteiger charge is -2.40. The van der Waals surface area contributed by atoms with E-state index in [1.807, 2.05) is 0 Å². The summed E-state index contributed by atoms with van der Waals surface area (Å²) in [6.07, 6.45) is 1.17. The van der Waals surface area contributed by atoms with Gasteiger partial charge in [0.2, 0.25) is 5.91 Å². The number of rotatable bonds is 19. The van der Waals surface area contributed by atoms with Crippen LogP contribution in [0.4, 0.5) is 0 Å². The predicted octanol–water partition coefficient (Wildman–Crippen LogP) is -0.460. The Hall–Kier alpha value is -0.890. The maximum atomic E-state index is 12.5. The fourth-order valence-corrected chi connectivity index (χ4v) is 4.75. The maximum absolute atomic E-state index is 12.5. The highest BCUT2D eigenvalue weighted by atomic mass is 16.7. The second kappa shape index (κ2) is 17.6. The van der Waals surface area contributed by atoms with Gasteiger partial charge in [-0.3, -0.25) is 4.79 Å². The third kappa shape index (κ3) is 11.0. The first-order chi connectivity index (χ1) is 17.8. The number of carbonyl (C=O) groups excluding carboxylic acids is 1. The van der Waals surface area contributed by atoms with Crippen LogP contribution in [0.5, 0.6) is 0 Å². The van der Waals surface area contributed by atoms with Crippen LogP contribution in [-0.2, 0) is 14.3 Å². The summed E-state index contributed by atoms with van der Waals surface area (Å²) in [5, 5.41) is 65.9. The molecule has 0 radical (unpaired) electrons. The van der Waals surface area contributed by atoms with Crippen LogP contribution in [0.3, 0.4) is 0 Å². The van der Waals surface area contributed by atoms with E-state index in [0.717, 1.165) is 25.2 Å². The second-order valence-electron chi connectivity index (χ2n) is 10.6. The molecule has 0 aliphatic carbocycles. The van der Waals surface area contributed by atoms with E-state index in [1.165, 1.54) is 45.2 Å². The molecule has 11 nitrogen and oxygen atoms in total. The van der Waals surface area contributed by atoms with E-state index in [-0.39, 0.29) is 25.4 Å². The molecule has 5 unspecified atom stereocenters. The van der Waals surface area contributed by atoms with E-state index >= 15 is 0 Å². The number of carbonyl (C=O) groups is 1. The number of ether oxygens (including phenoxy) is 2. The Balaban J connectivity index is 1.67. The van der Waals surface area contributed by atoms with Crippen molar-refractivity contribution in [2.24, 2.45) is 5.92 Å². The van der Waals surface area contributed by atoms with E-state index in [9.17, 15) is 35.4 Å². The van der Waals surface area contributed by atoms with Gasteiger partial charge in [0.1, 0.15) is 30.5 Å². The third-order valence-corrected chi connectivity index (χ3v) is 7.49. The van der Waals surface area contributed by atoms with Gasteiger partial charge in [-0.05, 0) is 38.3 Å². The molecule has 218 valence electrons. The quantitative estimate of drug-likeness (QED) is 0.101. The second-order valence-corrected chi connectivity index (χ2v) is 10.6. The summed E-state index contributed by atoms with van der Waals surface area (Å²) in [6.45, 7) is 3.14. The molecule has 37 heavy (non-hydrogen) atoms. The minimum Gasteiger partial charge on any atom is -0.394 e. The molecule has 11 heteroatoms. The van der Waals surface area contributed by atoms with Gasteiger partial charge in [-0.1, -0.05) is 51.9 Å². The average Bonchev–Trinajstić information content (AvgIpc) is 2.87. The van der Waals surface area contributed by atoms with Crippen LogP contribution in [0.2, 0.25) is 0 Å². The van der Waals surface area contributed by atoms with Crippen molar-refractivity contribution < 1.29 is 44.9 Å². The zero-order valence-electron chi connectivity index (χ0n) is 22.2. The molecule has 2 fully saturated rings. The normalized spacial score (nSPS) is 28.9. The van der Waals surface area contributed by atoms with E-state index in [2.05, 4.69) is 10.6 Å². The molecule has 0 saturated carbocycles. The summed E-state index contributed by atoms with van der Waals surface area (Å²) in [6, 6.07) is -0.981. The molecule has 0 aromatic heterocycles. The fourth-order valence-electron chi connectivity index (χ4n) is 4.75. The van der Waals surface area contributed by atoms with Gasteiger partial charge in [0.15, 0.2) is 6.29 Å². The van der Waals surface area contributed by atoms with Gasteiger partial charge in [0.05, 0.1) is 25.4 Å². The summed E-state index contributed by atoms with van der Waals surface area (Å²) in [5.74, 6) is 0.603. The smallest absolute Gasteiger partial charge is 0.220 e. The minimum absolute atomic E-state index is 0.255. The summed E-state index contributed by atoms with van der Waals surface area (Å²) in [5.41, 5.74) is 0. The van der Waals surface area contributed by atoms with Crippen molar-refractivity contribution in [1.29, 1.82) is 0 Å². The molecule has 1 amide bonds. The standard InChI is InChI=1S/C26H50N2O9/c1-2-19(30)22(32)18(16-36-26-25(35)24(34)23(33)20(15-29)37-26)28-21(31)12-10-8-6-4-3-5-7-9-11-17-13-27-14-17/h17-20,22-27,29-30,32-35H,2-16H2,1H3,(H,28,31)/t18-,19+,20?,22-,23?,24?,25?,26?/m0/s1. The average molecular weight is 535 g/mol. The number of unbranched alkanes of at least 4 members (excludes halogenated alkanes) is 7. The van der Waals surface area contributed by atoms with E-state index in [1.54, 1.807) is 6.92 Å². The number of nitrogens with one attached hydrogen (secondary N) is 2. The van der Waals surface area contributed by atoms with E-state index < -0.39 is 55.6 Å². The van der Waals surface area contributed by atoms with Crippen LogP contribution < -0.4 is 10.6 Å². The van der Waals surface area contributed by atoms with Gasteiger partial charge in [0.25, 0.3) is 0 Å². The Kier molecular flexibility index (Phi) is 15.4. The topological polar surface area (TPSA) is 181 Å². The molecule has 2 saturated heterocycles. The minimum atomic E-state index is -1.60. The zero-order chi connectivity index (χ0) is 27.2. The first-order valence-corrected chi connectivity index (χ1v) is 14.1. The Morgan fingerprint density at radius 1 is 0.973 bits per heavy atom. The van der Waals surface area contributed by atoms with Crippen molar-refractivity contribution in [2.75, 3.05) is 26.3 Å². The van der Waals surface area contributed by atoms with Gasteiger partial charge < -0.3 is 50.7 Å². The number of hydrogen-bond acceptors (Lipinski definition) is 10. The van der Waals surface area contributed by atoms with Crippen LogP contribution >= 0.6 is 0 Å². The number of aliphatic hydroxyl groups is 6. The van der Waals surface area contributed by atoms with Crippen molar-refractivity contribution >= 4 is 5.91 Å². The van der Waals surface area contributed by atoms with Gasteiger partial charge >= 0.3 is 0 Å². The van der Waals surface area contributed by atoms with Crippen LogP contribution in [0, 0.1) is 5.92 Å². The fraction of sp³-hybridized carbons (Fsp3) is 0.962. The molecule has 0 aromatic rings. The lowest BCUT2D eigenvalue weighted by Crippen LogP contribution is -2.60. The first-order valence-electron chi connectivity index (χ1n) is 14.1. The van der Waals surface area contributed by atoms with Crippen LogP contribution in [0.25, 0.3) is 0 Å². The SMILES string of the molecule is CC[C@@H](O)[C@@H](O)[C@H](COC1OC(CO)C(O)C(O)C1O)NC(=O)CCCCCCCCCCC1CNC1. The highest BCUT2D eigenvalue weighted by Gasteiger charge is 2.44. The molecule has 0 aromatic carbocycles. The van der Waals surface area contributed by atoms with Crippen molar-refractivity contribution in [1.82, 2.24) is 10.6 Å². The summed E-state index contributed by atoms with van der Waals surface area (Å²) < 4.78 is 10.8. The lowest BCUT2D eigenvalue weighted by molar-refractivity contribution is -0.303. The Morgan fingerprint density at radius 2 is 1.59 bits per heavy atom. The van der Waals surface area contributed by atoms with E-state index in [4.69, 9.17) is 9.47 Å². The largest absolute Gasteiger partial charge is 0.394 e. The van der Waals surface area contributed by atoms with E-state index in [0.29, 0.717) is 6.42 Å². The molecule has 0 bridgehead atoms. The molecule has 2 aliphatic rings. The molecule has 8 atom stereocenters. The Labute approximate surface area is 220 Å². The van der Waals surface area contributed by atoms with Gasteiger partial charge in [-0.25, -0.2) is 0 Å². The van der Waals surface area contributed by atoms with Crippen LogP contribution in [0.15, 0.2) is 0 Å². The van der Waals surface area contributed by atoms with Crippen LogP contribution in [-0.4, -0.2) is 112 Å². The highest BCUT2D eigenvalue weighted by Crippen LogP contribution is 2.22. The van der Waals surface area contributed by atoms with Crippen molar-refractivity contribution in [3.63, 3.8) is 0 Å². The molecule has 2 rings (SSSR count). The predicted molar refractivity (Wildman–Crippen MR) is 136 cm³/mol. The molecule has 8 N–H and O–H groups in total. The van der Waals surface area contributed by atoms with Gasteiger partial charge in [-0.2, -0.15) is 0 Å². The van der Waals surface area contributed by atoms with Gasteiger partial charge in [-0.15, -0.1) is 0 Å². The monoisotopic (exact) mass is 534 g/mol. The first kappa shape index (κ1) is 32.3. The summed E-state index contributed by atoms with van der Waals surface area (Å²) in [4.78, 5) is 12.5. The number of aliphatic hydroxyl groups excluding tert-OH is 6. The summed E-state index contributed by atoms with van der Waals surface area (Å²) >= 11 is 0. The molecule has 0 spiro atoms. The molecular weight excluding hydrogens is 484 g/mol. The van der Waals surface area contributed by atoms with Crippen LogP contribution in [0.1, 0.15) is 77.6 Å². The zero-order valence-corrected chi connectivity index (χ0v) is 22.2. The van der Waals surface area contributed by atoms with Gasteiger partial charge in [0, 0.05) is 6.42 Å². The third-order valence-electron chi connectivity index (χ3n) is 7.49. The molecule has 2 aliphatic heterocycles. The molecular formula is C26H50N2O9. The molecule has 2 heterocycles. The summed E-state index contributed by atoms with van der Waals surface area (Å²) in [7, 11) is 0. The number of amides is 1. The maximum Gasteiger partial charge on any atom is 0.220 e. The number of hydrogen-bond donors (Lipinski definition) is 8. The van der Waals surface area contributed by atoms with Crippen molar-refractivity contribution in [3.8, 4) is 0 Å². The van der Waals surface area contributed by atoms with Crippen molar-refractivity contribution in [3.05, 3.63) is 0 Å².